The lowest BCUT2D eigenvalue weighted by atomic mass is 9.85. The van der Waals surface area contributed by atoms with Crippen molar-refractivity contribution in [2.45, 2.75) is 116 Å². The highest BCUT2D eigenvalue weighted by Crippen LogP contribution is 2.24. The van der Waals surface area contributed by atoms with Gasteiger partial charge < -0.3 is 15.3 Å². The normalized spacial score (nSPS) is 14.7. The molecule has 5 nitrogen and oxygen atoms in total. The monoisotopic (exact) mass is 372 g/mol. The van der Waals surface area contributed by atoms with Crippen LogP contribution in [-0.2, 0) is 9.59 Å². The second-order valence-electron chi connectivity index (χ2n) is 7.73. The van der Waals surface area contributed by atoms with Crippen LogP contribution in [0.25, 0.3) is 0 Å². The fourth-order valence-electron chi connectivity index (χ4n) is 3.34. The summed E-state index contributed by atoms with van der Waals surface area (Å²) in [5, 5.41) is 27.9. The number of unbranched alkanes of at least 4 members (excludes halogenated alkanes) is 13. The molecule has 0 spiro atoms. The van der Waals surface area contributed by atoms with Crippen LogP contribution in [0.2, 0.25) is 0 Å². The molecule has 0 aromatic carbocycles. The fourth-order valence-corrected chi connectivity index (χ4v) is 3.34. The van der Waals surface area contributed by atoms with Gasteiger partial charge in [0.05, 0.1) is 5.92 Å². The third-order valence-electron chi connectivity index (χ3n) is 5.26. The number of hydrogen-bond donors (Lipinski definition) is 3. The van der Waals surface area contributed by atoms with Crippen molar-refractivity contribution in [1.82, 2.24) is 0 Å². The van der Waals surface area contributed by atoms with E-state index >= 15 is 0 Å². The van der Waals surface area contributed by atoms with E-state index in [1.54, 1.807) is 0 Å². The molecule has 26 heavy (non-hydrogen) atoms. The van der Waals surface area contributed by atoms with Crippen LogP contribution in [0, 0.1) is 5.92 Å². The summed E-state index contributed by atoms with van der Waals surface area (Å²) in [5.41, 5.74) is -2.21. The summed E-state index contributed by atoms with van der Waals surface area (Å²) < 4.78 is 0. The average Bonchev–Trinajstić information content (AvgIpc) is 2.57. The van der Waals surface area contributed by atoms with Gasteiger partial charge in [0.2, 0.25) is 0 Å². The first-order chi connectivity index (χ1) is 12.3. The lowest BCUT2D eigenvalue weighted by Crippen LogP contribution is -2.46. The second-order valence-corrected chi connectivity index (χ2v) is 7.73. The fraction of sp³-hybridized carbons (Fsp3) is 0.905. The third-order valence-corrected chi connectivity index (χ3v) is 5.26. The topological polar surface area (TPSA) is 94.8 Å². The number of rotatable bonds is 18. The minimum Gasteiger partial charge on any atom is -0.481 e. The Morgan fingerprint density at radius 2 is 1.08 bits per heavy atom. The molecule has 2 unspecified atom stereocenters. The number of aliphatic carboxylic acids is 2. The molecule has 0 aromatic rings. The van der Waals surface area contributed by atoms with Gasteiger partial charge in [-0.1, -0.05) is 96.8 Å². The first-order valence-corrected chi connectivity index (χ1v) is 10.5. The molecule has 0 aliphatic heterocycles. The minimum absolute atomic E-state index is 0.201. The zero-order chi connectivity index (χ0) is 19.8. The Labute approximate surface area is 159 Å². The molecule has 154 valence electrons. The molecule has 5 heteroatoms. The quantitative estimate of drug-likeness (QED) is 0.280. The highest BCUT2D eigenvalue weighted by Gasteiger charge is 2.43. The lowest BCUT2D eigenvalue weighted by molar-refractivity contribution is -0.172. The second kappa shape index (κ2) is 15.0. The Kier molecular flexibility index (Phi) is 14.4. The summed E-state index contributed by atoms with van der Waals surface area (Å²) >= 11 is 0. The predicted molar refractivity (Wildman–Crippen MR) is 104 cm³/mol. The largest absolute Gasteiger partial charge is 0.481 e. The van der Waals surface area contributed by atoms with E-state index in [4.69, 9.17) is 10.2 Å². The molecule has 0 aliphatic rings. The van der Waals surface area contributed by atoms with Crippen molar-refractivity contribution in [3.05, 3.63) is 0 Å². The first-order valence-electron chi connectivity index (χ1n) is 10.5. The molecule has 0 radical (unpaired) electrons. The summed E-state index contributed by atoms with van der Waals surface area (Å²) in [6, 6.07) is 0. The molecular formula is C21H40O5. The van der Waals surface area contributed by atoms with Crippen molar-refractivity contribution < 1.29 is 24.9 Å². The highest BCUT2D eigenvalue weighted by molar-refractivity contribution is 5.85. The number of carbonyl (C=O) groups is 2. The SMILES string of the molecule is CCCCCCCCCCCCCCCCC(C(=O)O)C(C)(O)C(=O)O. The maximum atomic E-state index is 11.2. The van der Waals surface area contributed by atoms with E-state index in [1.165, 1.54) is 64.2 Å². The van der Waals surface area contributed by atoms with Crippen molar-refractivity contribution in [2.75, 3.05) is 0 Å². The Bertz CT molecular complexity index is 379. The van der Waals surface area contributed by atoms with E-state index < -0.39 is 23.5 Å². The molecule has 0 saturated carbocycles. The van der Waals surface area contributed by atoms with Gasteiger partial charge in [-0.25, -0.2) is 4.79 Å². The highest BCUT2D eigenvalue weighted by atomic mass is 16.4. The van der Waals surface area contributed by atoms with E-state index in [0.29, 0.717) is 6.42 Å². The van der Waals surface area contributed by atoms with Crippen LogP contribution < -0.4 is 0 Å². The van der Waals surface area contributed by atoms with Crippen LogP contribution in [0.5, 0.6) is 0 Å². The van der Waals surface area contributed by atoms with E-state index in [1.807, 2.05) is 0 Å². The molecule has 0 fully saturated rings. The summed E-state index contributed by atoms with van der Waals surface area (Å²) in [6.07, 6.45) is 17.1. The number of aliphatic hydroxyl groups is 1. The van der Waals surface area contributed by atoms with Gasteiger partial charge in [0, 0.05) is 0 Å². The average molecular weight is 373 g/mol. The Morgan fingerprint density at radius 3 is 1.38 bits per heavy atom. The Hall–Kier alpha value is -1.10. The van der Waals surface area contributed by atoms with Gasteiger partial charge in [0.1, 0.15) is 0 Å². The maximum Gasteiger partial charge on any atom is 0.336 e. The van der Waals surface area contributed by atoms with Crippen molar-refractivity contribution >= 4 is 11.9 Å². The molecular weight excluding hydrogens is 332 g/mol. The van der Waals surface area contributed by atoms with Crippen LogP contribution >= 0.6 is 0 Å². The van der Waals surface area contributed by atoms with Gasteiger partial charge in [-0.15, -0.1) is 0 Å². The molecule has 0 rings (SSSR count). The molecule has 0 amide bonds. The van der Waals surface area contributed by atoms with Gasteiger partial charge in [0.25, 0.3) is 0 Å². The Balaban J connectivity index is 3.57. The van der Waals surface area contributed by atoms with Crippen molar-refractivity contribution in [3.8, 4) is 0 Å². The molecule has 0 aliphatic carbocycles. The summed E-state index contributed by atoms with van der Waals surface area (Å²) in [6.45, 7) is 3.31. The molecule has 0 heterocycles. The van der Waals surface area contributed by atoms with Crippen molar-refractivity contribution in [2.24, 2.45) is 5.92 Å². The van der Waals surface area contributed by atoms with E-state index in [0.717, 1.165) is 26.2 Å². The predicted octanol–water partition coefficient (Wildman–Crippen LogP) is 5.39. The van der Waals surface area contributed by atoms with Gasteiger partial charge >= 0.3 is 11.9 Å². The Morgan fingerprint density at radius 1 is 0.731 bits per heavy atom. The van der Waals surface area contributed by atoms with E-state index in [9.17, 15) is 14.7 Å². The van der Waals surface area contributed by atoms with Gasteiger partial charge in [0.15, 0.2) is 5.60 Å². The first kappa shape index (κ1) is 24.9. The molecule has 0 saturated heterocycles. The summed E-state index contributed by atoms with van der Waals surface area (Å²) in [7, 11) is 0. The third kappa shape index (κ3) is 11.5. The van der Waals surface area contributed by atoms with Gasteiger partial charge in [-0.05, 0) is 13.3 Å². The van der Waals surface area contributed by atoms with E-state index in [-0.39, 0.29) is 6.42 Å². The molecule has 2 atom stereocenters. The van der Waals surface area contributed by atoms with Crippen LogP contribution in [-0.4, -0.2) is 32.9 Å². The molecule has 0 aromatic heterocycles. The van der Waals surface area contributed by atoms with Gasteiger partial charge in [-0.3, -0.25) is 4.79 Å². The molecule has 3 N–H and O–H groups in total. The zero-order valence-electron chi connectivity index (χ0n) is 16.8. The lowest BCUT2D eigenvalue weighted by Gasteiger charge is -2.25. The van der Waals surface area contributed by atoms with Crippen LogP contribution in [0.3, 0.4) is 0 Å². The van der Waals surface area contributed by atoms with Crippen LogP contribution in [0.1, 0.15) is 110 Å². The standard InChI is InChI=1S/C21H40O5/c1-3-4-5-6-7-8-9-10-11-12-13-14-15-16-17-18(19(22)23)21(2,26)20(24)25/h18,26H,3-17H2,1-2H3,(H,22,23)(H,24,25). The summed E-state index contributed by atoms with van der Waals surface area (Å²) in [4.78, 5) is 22.2. The van der Waals surface area contributed by atoms with Crippen molar-refractivity contribution in [3.63, 3.8) is 0 Å². The number of hydrogen-bond acceptors (Lipinski definition) is 3. The summed E-state index contributed by atoms with van der Waals surface area (Å²) in [5.74, 6) is -3.97. The number of carboxylic acid groups (broad SMARTS) is 2. The maximum absolute atomic E-state index is 11.2. The minimum atomic E-state index is -2.21. The van der Waals surface area contributed by atoms with E-state index in [2.05, 4.69) is 6.92 Å². The van der Waals surface area contributed by atoms with Crippen molar-refractivity contribution in [1.29, 1.82) is 0 Å². The van der Waals surface area contributed by atoms with Crippen LogP contribution in [0.15, 0.2) is 0 Å². The zero-order valence-corrected chi connectivity index (χ0v) is 16.8. The van der Waals surface area contributed by atoms with Crippen LogP contribution in [0.4, 0.5) is 0 Å². The smallest absolute Gasteiger partial charge is 0.336 e. The van der Waals surface area contributed by atoms with Gasteiger partial charge in [-0.2, -0.15) is 0 Å². The number of carboxylic acids is 2. The molecule has 0 bridgehead atoms.